The highest BCUT2D eigenvalue weighted by Crippen LogP contribution is 2.40. The average Bonchev–Trinajstić information content (AvgIpc) is 2.90. The van der Waals surface area contributed by atoms with Crippen LogP contribution in [0.15, 0.2) is 33.5 Å². The second-order valence-corrected chi connectivity index (χ2v) is 4.54. The predicted octanol–water partition coefficient (Wildman–Crippen LogP) is 3.30. The number of rotatable bonds is 5. The minimum Gasteiger partial charge on any atom is -0.493 e. The molecule has 0 aliphatic carbocycles. The molecule has 0 N–H and O–H groups in total. The van der Waals surface area contributed by atoms with Crippen molar-refractivity contribution in [2.24, 2.45) is 0 Å². The lowest BCUT2D eigenvalue weighted by Crippen LogP contribution is -2.06. The lowest BCUT2D eigenvalue weighted by Gasteiger charge is -2.14. The van der Waals surface area contributed by atoms with E-state index in [4.69, 9.17) is 18.6 Å². The molecule has 0 aliphatic rings. The number of ether oxygens (including phenoxy) is 3. The molecule has 0 aliphatic heterocycles. The molecule has 0 bridgehead atoms. The van der Waals surface area contributed by atoms with Crippen LogP contribution in [0, 0.1) is 0 Å². The molecule has 0 radical (unpaired) electrons. The van der Waals surface area contributed by atoms with Gasteiger partial charge in [0.15, 0.2) is 16.2 Å². The quantitative estimate of drug-likeness (QED) is 0.781. The number of methoxy groups -OCH3 is 3. The minimum absolute atomic E-state index is 0.233. The first-order valence-electron chi connectivity index (χ1n) is 5.70. The van der Waals surface area contributed by atoms with E-state index in [9.17, 15) is 4.79 Å². The van der Waals surface area contributed by atoms with Crippen molar-refractivity contribution in [3.63, 3.8) is 0 Å². The highest BCUT2D eigenvalue weighted by Gasteiger charge is 2.23. The maximum absolute atomic E-state index is 12.5. The molecule has 5 nitrogen and oxygen atoms in total. The molecule has 0 saturated heterocycles. The number of ketones is 1. The zero-order chi connectivity index (χ0) is 14.7. The SMILES string of the molecule is COc1ccc(C(=O)c2ccoc2Br)c(OC)c1OC. The lowest BCUT2D eigenvalue weighted by atomic mass is 10.0. The molecule has 2 rings (SSSR count). The summed E-state index contributed by atoms with van der Waals surface area (Å²) in [5.41, 5.74) is 0.780. The van der Waals surface area contributed by atoms with E-state index in [2.05, 4.69) is 15.9 Å². The Morgan fingerprint density at radius 2 is 1.70 bits per heavy atom. The molecule has 20 heavy (non-hydrogen) atoms. The zero-order valence-corrected chi connectivity index (χ0v) is 12.8. The Balaban J connectivity index is 2.57. The van der Waals surface area contributed by atoms with E-state index in [0.29, 0.717) is 33.0 Å². The van der Waals surface area contributed by atoms with E-state index < -0.39 is 0 Å². The lowest BCUT2D eigenvalue weighted by molar-refractivity contribution is 0.103. The Bertz CT molecular complexity index is 632. The minimum atomic E-state index is -0.233. The number of halogens is 1. The zero-order valence-electron chi connectivity index (χ0n) is 11.2. The van der Waals surface area contributed by atoms with E-state index in [1.54, 1.807) is 18.2 Å². The van der Waals surface area contributed by atoms with Crippen LogP contribution in [-0.2, 0) is 0 Å². The van der Waals surface area contributed by atoms with Crippen LogP contribution in [0.2, 0.25) is 0 Å². The van der Waals surface area contributed by atoms with Crippen molar-refractivity contribution in [3.05, 3.63) is 40.3 Å². The number of benzene rings is 1. The van der Waals surface area contributed by atoms with Gasteiger partial charge in [-0.15, -0.1) is 0 Å². The molecule has 0 unspecified atom stereocenters. The summed E-state index contributed by atoms with van der Waals surface area (Å²) in [5, 5.41) is 0. The second-order valence-electron chi connectivity index (χ2n) is 3.82. The number of hydrogen-bond donors (Lipinski definition) is 0. The van der Waals surface area contributed by atoms with Crippen LogP contribution in [0.4, 0.5) is 0 Å². The summed E-state index contributed by atoms with van der Waals surface area (Å²) in [6, 6.07) is 4.87. The topological polar surface area (TPSA) is 57.9 Å². The summed E-state index contributed by atoms with van der Waals surface area (Å²) in [6.45, 7) is 0. The fraction of sp³-hybridized carbons (Fsp3) is 0.214. The molecule has 1 aromatic heterocycles. The van der Waals surface area contributed by atoms with Crippen molar-refractivity contribution in [2.45, 2.75) is 0 Å². The fourth-order valence-corrected chi connectivity index (χ4v) is 2.30. The number of carbonyl (C=O) groups is 1. The molecule has 0 fully saturated rings. The van der Waals surface area contributed by atoms with Gasteiger partial charge >= 0.3 is 0 Å². The van der Waals surface area contributed by atoms with E-state index in [-0.39, 0.29) is 5.78 Å². The molecule has 0 atom stereocenters. The molecule has 1 aromatic carbocycles. The molecular weight excluding hydrogens is 328 g/mol. The third-order valence-electron chi connectivity index (χ3n) is 2.81. The van der Waals surface area contributed by atoms with Gasteiger partial charge in [-0.2, -0.15) is 0 Å². The Morgan fingerprint density at radius 1 is 1.00 bits per heavy atom. The number of hydrogen-bond acceptors (Lipinski definition) is 5. The highest BCUT2D eigenvalue weighted by atomic mass is 79.9. The van der Waals surface area contributed by atoms with E-state index in [0.717, 1.165) is 0 Å². The summed E-state index contributed by atoms with van der Waals surface area (Å²) in [6.07, 6.45) is 1.44. The van der Waals surface area contributed by atoms with Gasteiger partial charge in [-0.3, -0.25) is 4.79 Å². The van der Waals surface area contributed by atoms with Crippen LogP contribution >= 0.6 is 15.9 Å². The fourth-order valence-electron chi connectivity index (χ4n) is 1.88. The van der Waals surface area contributed by atoms with E-state index >= 15 is 0 Å². The summed E-state index contributed by atoms with van der Waals surface area (Å²) in [5.74, 6) is 0.959. The Morgan fingerprint density at radius 3 is 2.20 bits per heavy atom. The molecule has 106 valence electrons. The van der Waals surface area contributed by atoms with Gasteiger partial charge in [0.2, 0.25) is 11.5 Å². The Labute approximate surface area is 124 Å². The largest absolute Gasteiger partial charge is 0.493 e. The van der Waals surface area contributed by atoms with Gasteiger partial charge in [-0.25, -0.2) is 0 Å². The van der Waals surface area contributed by atoms with Gasteiger partial charge in [0.1, 0.15) is 0 Å². The van der Waals surface area contributed by atoms with Crippen molar-refractivity contribution < 1.29 is 23.4 Å². The Hall–Kier alpha value is -1.95. The normalized spacial score (nSPS) is 10.2. The third kappa shape index (κ3) is 2.38. The van der Waals surface area contributed by atoms with Crippen LogP contribution in [0.3, 0.4) is 0 Å². The van der Waals surface area contributed by atoms with Gasteiger partial charge in [0.05, 0.1) is 38.7 Å². The van der Waals surface area contributed by atoms with Gasteiger partial charge in [-0.1, -0.05) is 0 Å². The molecule has 2 aromatic rings. The average molecular weight is 341 g/mol. The molecule has 6 heteroatoms. The first-order valence-corrected chi connectivity index (χ1v) is 6.50. The maximum Gasteiger partial charge on any atom is 0.204 e. The summed E-state index contributed by atoms with van der Waals surface area (Å²) in [4.78, 5) is 12.5. The van der Waals surface area contributed by atoms with E-state index in [1.165, 1.54) is 27.6 Å². The first kappa shape index (κ1) is 14.5. The molecule has 1 heterocycles. The van der Waals surface area contributed by atoms with Crippen LogP contribution < -0.4 is 14.2 Å². The molecule has 0 amide bonds. The van der Waals surface area contributed by atoms with Gasteiger partial charge < -0.3 is 18.6 Å². The van der Waals surface area contributed by atoms with Crippen LogP contribution in [0.5, 0.6) is 17.2 Å². The van der Waals surface area contributed by atoms with Crippen molar-refractivity contribution in [3.8, 4) is 17.2 Å². The standard InChI is InChI=1S/C14H13BrO5/c1-17-10-5-4-8(12(18-2)13(10)19-3)11(16)9-6-7-20-14(9)15/h4-7H,1-3H3. The highest BCUT2D eigenvalue weighted by molar-refractivity contribution is 9.10. The number of carbonyl (C=O) groups excluding carboxylic acids is 1. The smallest absolute Gasteiger partial charge is 0.204 e. The van der Waals surface area contributed by atoms with Crippen molar-refractivity contribution in [2.75, 3.05) is 21.3 Å². The van der Waals surface area contributed by atoms with Gasteiger partial charge in [0.25, 0.3) is 0 Å². The number of furan rings is 1. The van der Waals surface area contributed by atoms with Crippen LogP contribution in [0.25, 0.3) is 0 Å². The molecule has 0 spiro atoms. The summed E-state index contributed by atoms with van der Waals surface area (Å²) < 4.78 is 21.2. The monoisotopic (exact) mass is 340 g/mol. The van der Waals surface area contributed by atoms with Crippen LogP contribution in [-0.4, -0.2) is 27.1 Å². The third-order valence-corrected chi connectivity index (χ3v) is 3.43. The molecular formula is C14H13BrO5. The van der Waals surface area contributed by atoms with Crippen LogP contribution in [0.1, 0.15) is 15.9 Å². The summed E-state index contributed by atoms with van der Waals surface area (Å²) in [7, 11) is 4.48. The first-order chi connectivity index (χ1) is 9.63. The Kier molecular flexibility index (Phi) is 4.34. The van der Waals surface area contributed by atoms with Crippen molar-refractivity contribution in [1.82, 2.24) is 0 Å². The summed E-state index contributed by atoms with van der Waals surface area (Å²) >= 11 is 3.19. The second kappa shape index (κ2) is 6.00. The van der Waals surface area contributed by atoms with Gasteiger partial charge in [0, 0.05) is 0 Å². The molecule has 0 saturated carbocycles. The van der Waals surface area contributed by atoms with Crippen molar-refractivity contribution >= 4 is 21.7 Å². The van der Waals surface area contributed by atoms with Gasteiger partial charge in [-0.05, 0) is 34.1 Å². The maximum atomic E-state index is 12.5. The van der Waals surface area contributed by atoms with Crippen molar-refractivity contribution in [1.29, 1.82) is 0 Å². The van der Waals surface area contributed by atoms with E-state index in [1.807, 2.05) is 0 Å². The predicted molar refractivity (Wildman–Crippen MR) is 75.9 cm³/mol.